The van der Waals surface area contributed by atoms with Gasteiger partial charge >= 0.3 is 11.9 Å². The predicted octanol–water partition coefficient (Wildman–Crippen LogP) is 9.48. The average molecular weight is 751 g/mol. The van der Waals surface area contributed by atoms with Gasteiger partial charge in [0.15, 0.2) is 0 Å². The molecule has 0 bridgehead atoms. The zero-order chi connectivity index (χ0) is 39.7. The summed E-state index contributed by atoms with van der Waals surface area (Å²) < 4.78 is 5.82. The van der Waals surface area contributed by atoms with Gasteiger partial charge in [0, 0.05) is 12.8 Å². The quantitative estimate of drug-likeness (QED) is 0.0292. The highest BCUT2D eigenvalue weighted by Gasteiger charge is 2.19. The molecule has 302 valence electrons. The van der Waals surface area contributed by atoms with E-state index in [2.05, 4.69) is 110 Å². The van der Waals surface area contributed by atoms with E-state index in [1.54, 1.807) is 0 Å². The van der Waals surface area contributed by atoms with Gasteiger partial charge in [0.25, 0.3) is 0 Å². The zero-order valence-electron chi connectivity index (χ0n) is 33.2. The average Bonchev–Trinajstić information content (AvgIpc) is 3.16. The van der Waals surface area contributed by atoms with Crippen molar-refractivity contribution < 1.29 is 34.1 Å². The van der Waals surface area contributed by atoms with E-state index in [1.807, 2.05) is 12.2 Å². The molecular formula is C45H70N2O7. The zero-order valence-corrected chi connectivity index (χ0v) is 33.2. The maximum Gasteiger partial charge on any atom is 0.328 e. The van der Waals surface area contributed by atoms with Crippen LogP contribution in [0.4, 0.5) is 0 Å². The lowest BCUT2D eigenvalue weighted by Gasteiger charge is -2.15. The fraction of sp³-hybridized carbons (Fsp3) is 0.556. The summed E-state index contributed by atoms with van der Waals surface area (Å²) in [5, 5.41) is 22.6. The summed E-state index contributed by atoms with van der Waals surface area (Å²) in [6.45, 7) is 3.15. The number of ether oxygens (including phenoxy) is 1. The van der Waals surface area contributed by atoms with Gasteiger partial charge in [-0.15, -0.1) is 0 Å². The maximum atomic E-state index is 12.7. The van der Waals surface area contributed by atoms with Gasteiger partial charge in [-0.2, -0.15) is 0 Å². The summed E-state index contributed by atoms with van der Waals surface area (Å²) >= 11 is 0. The Morgan fingerprint density at radius 1 is 0.574 bits per heavy atom. The number of carboxylic acids is 1. The Labute approximate surface area is 326 Å². The molecule has 0 aromatic heterocycles. The molecular weight excluding hydrogens is 681 g/mol. The van der Waals surface area contributed by atoms with Crippen LogP contribution >= 0.6 is 0 Å². The SMILES string of the molecule is CC/C=C\C/C=C\C/C=C\C/C=C\C/C=C\C(CCCCC(=O)NCC(=O)NC(CO)C(=O)O)OC(=O)CCCCCCC/C=C\C/C=C\C/C=C\CC. The smallest absolute Gasteiger partial charge is 0.328 e. The minimum absolute atomic E-state index is 0.172. The highest BCUT2D eigenvalue weighted by Crippen LogP contribution is 2.13. The number of allylic oxidation sites excluding steroid dienone is 15. The number of aliphatic carboxylic acids is 1. The van der Waals surface area contributed by atoms with Crippen molar-refractivity contribution in [2.75, 3.05) is 13.2 Å². The van der Waals surface area contributed by atoms with Crippen LogP contribution in [0.3, 0.4) is 0 Å². The van der Waals surface area contributed by atoms with Crippen molar-refractivity contribution in [1.82, 2.24) is 10.6 Å². The molecule has 2 unspecified atom stereocenters. The Morgan fingerprint density at radius 2 is 1.06 bits per heavy atom. The first-order chi connectivity index (χ1) is 26.3. The molecule has 9 heteroatoms. The maximum absolute atomic E-state index is 12.7. The van der Waals surface area contributed by atoms with Gasteiger partial charge in [-0.05, 0) is 96.0 Å². The number of carboxylic acid groups (broad SMARTS) is 1. The summed E-state index contributed by atoms with van der Waals surface area (Å²) in [4.78, 5) is 47.7. The third-order valence-corrected chi connectivity index (χ3v) is 8.06. The molecule has 0 saturated carbocycles. The molecule has 0 aromatic carbocycles. The summed E-state index contributed by atoms with van der Waals surface area (Å²) in [5.74, 6) is -2.61. The van der Waals surface area contributed by atoms with Crippen LogP contribution < -0.4 is 10.6 Å². The van der Waals surface area contributed by atoms with Crippen molar-refractivity contribution in [2.45, 2.75) is 148 Å². The van der Waals surface area contributed by atoms with Crippen molar-refractivity contribution in [1.29, 1.82) is 0 Å². The van der Waals surface area contributed by atoms with E-state index in [4.69, 9.17) is 14.9 Å². The molecule has 0 rings (SSSR count). The minimum Gasteiger partial charge on any atom is -0.480 e. The largest absolute Gasteiger partial charge is 0.480 e. The molecule has 0 radical (unpaired) electrons. The molecule has 0 spiro atoms. The molecule has 0 heterocycles. The lowest BCUT2D eigenvalue weighted by atomic mass is 10.1. The number of hydrogen-bond acceptors (Lipinski definition) is 6. The van der Waals surface area contributed by atoms with Gasteiger partial charge in [-0.25, -0.2) is 4.79 Å². The lowest BCUT2D eigenvalue weighted by molar-refractivity contribution is -0.147. The highest BCUT2D eigenvalue weighted by molar-refractivity contribution is 5.87. The highest BCUT2D eigenvalue weighted by atomic mass is 16.5. The predicted molar refractivity (Wildman–Crippen MR) is 222 cm³/mol. The number of hydrogen-bond donors (Lipinski definition) is 4. The van der Waals surface area contributed by atoms with Crippen LogP contribution in [0.1, 0.15) is 136 Å². The van der Waals surface area contributed by atoms with Crippen LogP contribution in [0.2, 0.25) is 0 Å². The van der Waals surface area contributed by atoms with Gasteiger partial charge in [0.1, 0.15) is 12.1 Å². The molecule has 0 aliphatic heterocycles. The number of amides is 2. The second-order valence-electron chi connectivity index (χ2n) is 13.0. The molecule has 0 saturated heterocycles. The summed E-state index contributed by atoms with van der Waals surface area (Å²) in [7, 11) is 0. The first-order valence-corrected chi connectivity index (χ1v) is 20.1. The molecule has 9 nitrogen and oxygen atoms in total. The Bertz CT molecular complexity index is 1230. The van der Waals surface area contributed by atoms with Crippen LogP contribution in [0.15, 0.2) is 97.2 Å². The van der Waals surface area contributed by atoms with Gasteiger partial charge in [-0.3, -0.25) is 14.4 Å². The van der Waals surface area contributed by atoms with E-state index < -0.39 is 24.5 Å². The molecule has 4 N–H and O–H groups in total. The van der Waals surface area contributed by atoms with E-state index >= 15 is 0 Å². The third-order valence-electron chi connectivity index (χ3n) is 8.06. The molecule has 0 aliphatic rings. The molecule has 2 amide bonds. The Morgan fingerprint density at radius 3 is 1.59 bits per heavy atom. The van der Waals surface area contributed by atoms with Gasteiger partial charge in [0.05, 0.1) is 13.2 Å². The van der Waals surface area contributed by atoms with Gasteiger partial charge < -0.3 is 25.6 Å². The number of carbonyl (C=O) groups excluding carboxylic acids is 3. The van der Waals surface area contributed by atoms with Crippen LogP contribution in [0, 0.1) is 0 Å². The molecule has 0 aliphatic carbocycles. The molecule has 0 aromatic rings. The number of nitrogens with one attached hydrogen (secondary N) is 2. The van der Waals surface area contributed by atoms with Crippen LogP contribution in [-0.4, -0.2) is 59.3 Å². The van der Waals surface area contributed by atoms with Crippen molar-refractivity contribution >= 4 is 23.8 Å². The first kappa shape index (κ1) is 49.8. The second-order valence-corrected chi connectivity index (χ2v) is 13.0. The number of rotatable bonds is 34. The number of unbranched alkanes of at least 4 members (excludes halogenated alkanes) is 6. The summed E-state index contributed by atoms with van der Waals surface area (Å²) in [6.07, 6.45) is 50.1. The third kappa shape index (κ3) is 34.8. The lowest BCUT2D eigenvalue weighted by Crippen LogP contribution is -2.47. The van der Waals surface area contributed by atoms with Gasteiger partial charge in [-0.1, -0.05) is 124 Å². The van der Waals surface area contributed by atoms with Crippen LogP contribution in [0.5, 0.6) is 0 Å². The fourth-order valence-electron chi connectivity index (χ4n) is 5.02. The Hall–Kier alpha value is -4.24. The van der Waals surface area contributed by atoms with E-state index in [0.29, 0.717) is 25.7 Å². The monoisotopic (exact) mass is 751 g/mol. The number of aliphatic hydroxyl groups is 1. The standard InChI is InChI=1S/C45H70N2O7/c1-3-5-7-9-11-13-15-17-19-21-23-25-27-29-31-37-44(51)54-40(34-30-28-26-24-22-20-18-16-14-12-10-8-6-4-2)35-32-33-36-42(49)46-38-43(50)47-41(39-48)45(52)53/h5-8,11-14,17-20,24,26,30,34,40-41,48H,3-4,9-10,15-16,21-23,25,27-29,31-33,35-39H2,1-2H3,(H,46,49)(H,47,50)(H,52,53)/b7-5-,8-6-,13-11-,14-12-,19-17-,20-18-,26-24-,34-30-. The molecule has 54 heavy (non-hydrogen) atoms. The van der Waals surface area contributed by atoms with E-state index in [0.717, 1.165) is 89.9 Å². The fourth-order valence-corrected chi connectivity index (χ4v) is 5.02. The summed E-state index contributed by atoms with van der Waals surface area (Å²) in [6, 6.07) is -1.42. The first-order valence-electron chi connectivity index (χ1n) is 20.1. The Balaban J connectivity index is 4.63. The number of carbonyl (C=O) groups is 4. The number of esters is 1. The van der Waals surface area contributed by atoms with E-state index in [1.165, 1.54) is 0 Å². The number of aliphatic hydroxyl groups excluding tert-OH is 1. The molecule has 2 atom stereocenters. The van der Waals surface area contributed by atoms with Gasteiger partial charge in [0.2, 0.25) is 11.8 Å². The van der Waals surface area contributed by atoms with Crippen LogP contribution in [-0.2, 0) is 23.9 Å². The van der Waals surface area contributed by atoms with Crippen molar-refractivity contribution in [2.24, 2.45) is 0 Å². The van der Waals surface area contributed by atoms with Crippen molar-refractivity contribution in [3.63, 3.8) is 0 Å². The van der Waals surface area contributed by atoms with Crippen molar-refractivity contribution in [3.8, 4) is 0 Å². The Kier molecular flexibility index (Phi) is 35.5. The van der Waals surface area contributed by atoms with E-state index in [9.17, 15) is 19.2 Å². The van der Waals surface area contributed by atoms with E-state index in [-0.39, 0.29) is 30.9 Å². The summed E-state index contributed by atoms with van der Waals surface area (Å²) in [5.41, 5.74) is 0. The molecule has 0 fully saturated rings. The van der Waals surface area contributed by atoms with Crippen LogP contribution in [0.25, 0.3) is 0 Å². The minimum atomic E-state index is -1.42. The second kappa shape index (κ2) is 38.5. The normalized spacial score (nSPS) is 13.5. The topological polar surface area (TPSA) is 142 Å². The van der Waals surface area contributed by atoms with Crippen molar-refractivity contribution in [3.05, 3.63) is 97.2 Å².